The first-order valence-electron chi connectivity index (χ1n) is 13.0. The third kappa shape index (κ3) is 5.73. The van der Waals surface area contributed by atoms with Gasteiger partial charge in [-0.15, -0.1) is 0 Å². The first-order chi connectivity index (χ1) is 18.1. The molecule has 37 heavy (non-hydrogen) atoms. The Hall–Kier alpha value is -3.95. The first kappa shape index (κ1) is 24.7. The number of nitriles is 1. The molecule has 188 valence electrons. The molecule has 5 rings (SSSR count). The van der Waals surface area contributed by atoms with Crippen molar-refractivity contribution in [3.8, 4) is 6.07 Å². The van der Waals surface area contributed by atoms with Crippen molar-refractivity contribution in [3.05, 3.63) is 107 Å². The highest BCUT2D eigenvalue weighted by atomic mass is 16.2. The standard InChI is InChI=1S/C31H32N4O2/c32-21-24-11-13-26(14-12-24)22-33-17-19-34(20-18-33)31(37)28-15-16-29(36)35(23-25-7-3-1-4-8-25)30(28)27-9-5-2-6-10-27/h1-14,28,30H,15-20,22-23H2/t28-,30-/m1/s1. The van der Waals surface area contributed by atoms with Crippen LogP contribution in [0, 0.1) is 17.2 Å². The predicted octanol–water partition coefficient (Wildman–Crippen LogP) is 4.38. The van der Waals surface area contributed by atoms with Crippen molar-refractivity contribution >= 4 is 11.8 Å². The molecule has 2 amide bonds. The average molecular weight is 493 g/mol. The zero-order valence-corrected chi connectivity index (χ0v) is 21.0. The summed E-state index contributed by atoms with van der Waals surface area (Å²) in [5.74, 6) is 0.000295. The summed E-state index contributed by atoms with van der Waals surface area (Å²) in [5.41, 5.74) is 3.93. The van der Waals surface area contributed by atoms with Crippen LogP contribution in [0.1, 0.15) is 41.1 Å². The lowest BCUT2D eigenvalue weighted by molar-refractivity contribution is -0.149. The van der Waals surface area contributed by atoms with E-state index in [2.05, 4.69) is 11.0 Å². The predicted molar refractivity (Wildman–Crippen MR) is 142 cm³/mol. The van der Waals surface area contributed by atoms with Crippen LogP contribution in [0.4, 0.5) is 0 Å². The summed E-state index contributed by atoms with van der Waals surface area (Å²) in [6.07, 6.45) is 0.971. The Bertz CT molecular complexity index is 1250. The van der Waals surface area contributed by atoms with Crippen molar-refractivity contribution in [2.24, 2.45) is 5.92 Å². The van der Waals surface area contributed by atoms with Gasteiger partial charge in [-0.2, -0.15) is 5.26 Å². The van der Waals surface area contributed by atoms with Gasteiger partial charge in [-0.3, -0.25) is 14.5 Å². The summed E-state index contributed by atoms with van der Waals surface area (Å²) in [6, 6.07) is 29.6. The topological polar surface area (TPSA) is 67.6 Å². The Morgan fingerprint density at radius 1 is 0.811 bits per heavy atom. The maximum atomic E-state index is 13.9. The van der Waals surface area contributed by atoms with E-state index in [4.69, 9.17) is 5.26 Å². The summed E-state index contributed by atoms with van der Waals surface area (Å²) in [5, 5.41) is 9.02. The molecule has 2 heterocycles. The van der Waals surface area contributed by atoms with Gasteiger partial charge in [0.2, 0.25) is 11.8 Å². The van der Waals surface area contributed by atoms with E-state index in [1.807, 2.05) is 94.7 Å². The maximum absolute atomic E-state index is 13.9. The normalized spacial score (nSPS) is 20.5. The number of nitrogens with zero attached hydrogens (tertiary/aromatic N) is 4. The smallest absolute Gasteiger partial charge is 0.228 e. The quantitative estimate of drug-likeness (QED) is 0.512. The molecule has 0 radical (unpaired) electrons. The van der Waals surface area contributed by atoms with Gasteiger partial charge in [0.25, 0.3) is 0 Å². The van der Waals surface area contributed by atoms with Crippen LogP contribution in [0.3, 0.4) is 0 Å². The van der Waals surface area contributed by atoms with Crippen LogP contribution in [-0.4, -0.2) is 52.7 Å². The van der Waals surface area contributed by atoms with E-state index in [9.17, 15) is 9.59 Å². The molecule has 2 aliphatic heterocycles. The van der Waals surface area contributed by atoms with Gasteiger partial charge in [0, 0.05) is 45.7 Å². The summed E-state index contributed by atoms with van der Waals surface area (Å²) in [7, 11) is 0. The first-order valence-corrected chi connectivity index (χ1v) is 13.0. The zero-order chi connectivity index (χ0) is 25.6. The van der Waals surface area contributed by atoms with Crippen molar-refractivity contribution < 1.29 is 9.59 Å². The number of benzene rings is 3. The Morgan fingerprint density at radius 2 is 1.43 bits per heavy atom. The number of rotatable bonds is 6. The lowest BCUT2D eigenvalue weighted by Crippen LogP contribution is -2.53. The molecule has 6 heteroatoms. The molecule has 0 aromatic heterocycles. The van der Waals surface area contributed by atoms with E-state index in [0.717, 1.165) is 30.8 Å². The van der Waals surface area contributed by atoms with Gasteiger partial charge in [-0.1, -0.05) is 72.8 Å². The second-order valence-electron chi connectivity index (χ2n) is 9.92. The minimum absolute atomic E-state index is 0.106. The second kappa shape index (κ2) is 11.4. The number of hydrogen-bond donors (Lipinski definition) is 0. The minimum atomic E-state index is -0.271. The number of amides is 2. The number of carbonyl (C=O) groups is 2. The van der Waals surface area contributed by atoms with E-state index in [0.29, 0.717) is 38.0 Å². The van der Waals surface area contributed by atoms with Crippen molar-refractivity contribution in [1.29, 1.82) is 5.26 Å². The molecule has 2 saturated heterocycles. The molecular weight excluding hydrogens is 460 g/mol. The molecule has 0 unspecified atom stereocenters. The third-order valence-electron chi connectivity index (χ3n) is 7.53. The van der Waals surface area contributed by atoms with E-state index in [-0.39, 0.29) is 23.8 Å². The largest absolute Gasteiger partial charge is 0.340 e. The summed E-state index contributed by atoms with van der Waals surface area (Å²) in [6.45, 7) is 4.28. The van der Waals surface area contributed by atoms with Crippen LogP contribution >= 0.6 is 0 Å². The summed E-state index contributed by atoms with van der Waals surface area (Å²) in [4.78, 5) is 33.3. The molecule has 0 bridgehead atoms. The molecule has 0 saturated carbocycles. The number of hydrogen-bond acceptors (Lipinski definition) is 4. The van der Waals surface area contributed by atoms with Crippen LogP contribution < -0.4 is 0 Å². The van der Waals surface area contributed by atoms with Gasteiger partial charge in [-0.25, -0.2) is 0 Å². The van der Waals surface area contributed by atoms with E-state index < -0.39 is 0 Å². The molecular formula is C31H32N4O2. The van der Waals surface area contributed by atoms with Gasteiger partial charge in [0.1, 0.15) is 0 Å². The summed E-state index contributed by atoms with van der Waals surface area (Å²) < 4.78 is 0. The van der Waals surface area contributed by atoms with E-state index >= 15 is 0 Å². The minimum Gasteiger partial charge on any atom is -0.340 e. The lowest BCUT2D eigenvalue weighted by atomic mass is 9.82. The highest BCUT2D eigenvalue weighted by Crippen LogP contribution is 2.39. The van der Waals surface area contributed by atoms with Crippen LogP contribution in [-0.2, 0) is 22.7 Å². The fraction of sp³-hybridized carbons (Fsp3) is 0.323. The fourth-order valence-corrected chi connectivity index (χ4v) is 5.54. The molecule has 2 fully saturated rings. The summed E-state index contributed by atoms with van der Waals surface area (Å²) >= 11 is 0. The fourth-order valence-electron chi connectivity index (χ4n) is 5.54. The van der Waals surface area contributed by atoms with Crippen LogP contribution in [0.15, 0.2) is 84.9 Å². The van der Waals surface area contributed by atoms with Gasteiger partial charge in [0.15, 0.2) is 0 Å². The van der Waals surface area contributed by atoms with Crippen molar-refractivity contribution in [2.45, 2.75) is 32.0 Å². The molecule has 0 N–H and O–H groups in total. The van der Waals surface area contributed by atoms with Crippen molar-refractivity contribution in [1.82, 2.24) is 14.7 Å². The Labute approximate surface area is 218 Å². The van der Waals surface area contributed by atoms with E-state index in [1.165, 1.54) is 5.56 Å². The van der Waals surface area contributed by atoms with Gasteiger partial charge in [0.05, 0.1) is 23.6 Å². The molecule has 0 spiro atoms. The van der Waals surface area contributed by atoms with Crippen LogP contribution in [0.2, 0.25) is 0 Å². The molecule has 3 aromatic carbocycles. The SMILES string of the molecule is N#Cc1ccc(CN2CCN(C(=O)[C@@H]3CCC(=O)N(Cc4ccccc4)[C@@H]3c3ccccc3)CC2)cc1. The Kier molecular flexibility index (Phi) is 7.62. The molecule has 6 nitrogen and oxygen atoms in total. The molecule has 2 atom stereocenters. The number of carbonyl (C=O) groups excluding carboxylic acids is 2. The average Bonchev–Trinajstić information content (AvgIpc) is 2.95. The lowest BCUT2D eigenvalue weighted by Gasteiger charge is -2.44. The van der Waals surface area contributed by atoms with Crippen LogP contribution in [0.25, 0.3) is 0 Å². The Balaban J connectivity index is 1.30. The van der Waals surface area contributed by atoms with Gasteiger partial charge < -0.3 is 9.80 Å². The van der Waals surface area contributed by atoms with Crippen LogP contribution in [0.5, 0.6) is 0 Å². The number of likely N-dealkylation sites (tertiary alicyclic amines) is 1. The molecule has 0 aliphatic carbocycles. The third-order valence-corrected chi connectivity index (χ3v) is 7.53. The maximum Gasteiger partial charge on any atom is 0.228 e. The molecule has 2 aliphatic rings. The van der Waals surface area contributed by atoms with Gasteiger partial charge >= 0.3 is 0 Å². The zero-order valence-electron chi connectivity index (χ0n) is 21.0. The number of piperazine rings is 1. The Morgan fingerprint density at radius 3 is 2.08 bits per heavy atom. The monoisotopic (exact) mass is 492 g/mol. The highest BCUT2D eigenvalue weighted by Gasteiger charge is 2.42. The number of piperidine rings is 1. The van der Waals surface area contributed by atoms with Crippen molar-refractivity contribution in [3.63, 3.8) is 0 Å². The van der Waals surface area contributed by atoms with Gasteiger partial charge in [-0.05, 0) is 35.2 Å². The molecule has 3 aromatic rings. The second-order valence-corrected chi connectivity index (χ2v) is 9.92. The van der Waals surface area contributed by atoms with Crippen molar-refractivity contribution in [2.75, 3.05) is 26.2 Å². The highest BCUT2D eigenvalue weighted by molar-refractivity contribution is 5.85. The van der Waals surface area contributed by atoms with E-state index in [1.54, 1.807) is 0 Å².